The summed E-state index contributed by atoms with van der Waals surface area (Å²) in [5.41, 5.74) is 0.597. The molecule has 0 spiro atoms. The molecule has 3 rings (SSSR count). The lowest BCUT2D eigenvalue weighted by Crippen LogP contribution is -3.19. The van der Waals surface area contributed by atoms with Crippen LogP contribution < -0.4 is 20.1 Å². The molecular weight excluding hydrogens is 359 g/mol. The van der Waals surface area contributed by atoms with Crippen molar-refractivity contribution in [3.05, 3.63) is 52.6 Å². The van der Waals surface area contributed by atoms with Gasteiger partial charge in [0, 0.05) is 11.1 Å². The van der Waals surface area contributed by atoms with E-state index >= 15 is 0 Å². The highest BCUT2D eigenvalue weighted by Gasteiger charge is 2.32. The molecule has 1 aromatic carbocycles. The number of hydrogen-bond acceptors (Lipinski definition) is 2. The number of piperazine rings is 1. The molecule has 0 radical (unpaired) electrons. The Labute approximate surface area is 157 Å². The maximum atomic E-state index is 12.6. The van der Waals surface area contributed by atoms with Crippen LogP contribution >= 0.6 is 23.2 Å². The molecule has 25 heavy (non-hydrogen) atoms. The second kappa shape index (κ2) is 8.04. The number of pyridine rings is 1. The number of H-pyrrole nitrogens is 1. The minimum Gasteiger partial charge on any atom is -0.320 e. The number of carbonyl (C=O) groups excluding carboxylic acids is 1. The van der Waals surface area contributed by atoms with Gasteiger partial charge in [-0.3, -0.25) is 9.69 Å². The minimum absolute atomic E-state index is 0.0288. The van der Waals surface area contributed by atoms with E-state index < -0.39 is 0 Å². The second-order valence-corrected chi connectivity index (χ2v) is 7.07. The van der Waals surface area contributed by atoms with Crippen molar-refractivity contribution >= 4 is 40.6 Å². The number of carbonyl (C=O) groups is 1. The van der Waals surface area contributed by atoms with E-state index in [0.717, 1.165) is 32.0 Å². The molecule has 1 fully saturated rings. The lowest BCUT2D eigenvalue weighted by Gasteiger charge is -2.31. The van der Waals surface area contributed by atoms with Gasteiger partial charge in [0.25, 0.3) is 11.7 Å². The third-order valence-corrected chi connectivity index (χ3v) is 5.18. The van der Waals surface area contributed by atoms with Gasteiger partial charge < -0.3 is 10.2 Å². The average molecular weight is 381 g/mol. The van der Waals surface area contributed by atoms with Gasteiger partial charge in [-0.15, -0.1) is 0 Å². The lowest BCUT2D eigenvalue weighted by atomic mass is 10.2. The van der Waals surface area contributed by atoms with Gasteiger partial charge in [0.05, 0.1) is 16.9 Å². The van der Waals surface area contributed by atoms with Gasteiger partial charge in [0.2, 0.25) is 0 Å². The van der Waals surface area contributed by atoms with Gasteiger partial charge in [0.1, 0.15) is 26.2 Å². The third-order valence-electron chi connectivity index (χ3n) is 4.63. The number of nitrogens with one attached hydrogen (secondary N) is 3. The summed E-state index contributed by atoms with van der Waals surface area (Å²) < 4.78 is 0. The van der Waals surface area contributed by atoms with E-state index in [1.807, 2.05) is 25.3 Å². The van der Waals surface area contributed by atoms with Crippen LogP contribution in [-0.4, -0.2) is 38.1 Å². The number of quaternary nitrogens is 1. The van der Waals surface area contributed by atoms with Crippen LogP contribution in [0.3, 0.4) is 0 Å². The zero-order valence-corrected chi connectivity index (χ0v) is 15.6. The average Bonchev–Trinajstić information content (AvgIpc) is 2.64. The number of nitrogens with zero attached hydrogens (tertiary/aromatic N) is 1. The Balaban J connectivity index is 1.56. The first-order valence-electron chi connectivity index (χ1n) is 8.37. The number of aromatic amines is 1. The van der Waals surface area contributed by atoms with Crippen molar-refractivity contribution in [2.45, 2.75) is 13.0 Å². The molecule has 1 atom stereocenters. The molecular formula is C18H22Cl2N4O+2. The van der Waals surface area contributed by atoms with Crippen molar-refractivity contribution < 1.29 is 14.7 Å². The summed E-state index contributed by atoms with van der Waals surface area (Å²) >= 11 is 12.0. The zero-order chi connectivity index (χ0) is 17.8. The normalized spacial score (nSPS) is 16.5. The third kappa shape index (κ3) is 4.42. The molecule has 1 aromatic heterocycles. The molecule has 1 aliphatic rings. The molecule has 3 N–H and O–H groups in total. The summed E-state index contributed by atoms with van der Waals surface area (Å²) in [5.74, 6) is 1.09. The summed E-state index contributed by atoms with van der Waals surface area (Å²) in [6, 6.07) is 11.0. The van der Waals surface area contributed by atoms with Crippen LogP contribution in [0.4, 0.5) is 11.5 Å². The molecule has 0 saturated carbocycles. The summed E-state index contributed by atoms with van der Waals surface area (Å²) in [6.07, 6.45) is 1.93. The summed E-state index contributed by atoms with van der Waals surface area (Å²) in [4.78, 5) is 19.4. The van der Waals surface area contributed by atoms with Gasteiger partial charge >= 0.3 is 0 Å². The number of benzene rings is 1. The van der Waals surface area contributed by atoms with Gasteiger partial charge in [0.15, 0.2) is 6.04 Å². The summed E-state index contributed by atoms with van der Waals surface area (Å²) in [6.45, 7) is 5.60. The van der Waals surface area contributed by atoms with Crippen LogP contribution in [0.15, 0.2) is 42.6 Å². The van der Waals surface area contributed by atoms with E-state index in [9.17, 15) is 4.79 Å². The smallest absolute Gasteiger partial charge is 0.282 e. The SMILES string of the molecule is C[C@H](C(=O)Nc1ccc(Cl)cc1Cl)[NH+]1CCN(c2cccc[nH+]2)CC1. The van der Waals surface area contributed by atoms with Crippen LogP contribution in [-0.2, 0) is 4.79 Å². The molecule has 1 aliphatic heterocycles. The zero-order valence-electron chi connectivity index (χ0n) is 14.1. The largest absolute Gasteiger partial charge is 0.320 e. The number of rotatable bonds is 4. The van der Waals surface area contributed by atoms with Crippen LogP contribution in [0.2, 0.25) is 10.0 Å². The first-order chi connectivity index (χ1) is 12.0. The fourth-order valence-corrected chi connectivity index (χ4v) is 3.52. The quantitative estimate of drug-likeness (QED) is 0.844. The maximum absolute atomic E-state index is 12.6. The van der Waals surface area contributed by atoms with Gasteiger partial charge in [-0.2, -0.15) is 0 Å². The molecule has 0 aliphatic carbocycles. The number of aromatic nitrogens is 1. The highest BCUT2D eigenvalue weighted by molar-refractivity contribution is 6.36. The van der Waals surface area contributed by atoms with Gasteiger partial charge in [-0.05, 0) is 31.2 Å². The van der Waals surface area contributed by atoms with Crippen molar-refractivity contribution in [2.24, 2.45) is 0 Å². The Morgan fingerprint density at radius 2 is 2.00 bits per heavy atom. The van der Waals surface area contributed by atoms with Crippen molar-refractivity contribution in [3.8, 4) is 0 Å². The highest BCUT2D eigenvalue weighted by atomic mass is 35.5. The topological polar surface area (TPSA) is 50.9 Å². The van der Waals surface area contributed by atoms with Gasteiger partial charge in [-0.1, -0.05) is 29.3 Å². The predicted molar refractivity (Wildman–Crippen MR) is 100 cm³/mol. The van der Waals surface area contributed by atoms with E-state index in [1.165, 1.54) is 4.90 Å². The van der Waals surface area contributed by atoms with Gasteiger partial charge in [-0.25, -0.2) is 4.98 Å². The Bertz CT molecular complexity index is 733. The van der Waals surface area contributed by atoms with E-state index in [1.54, 1.807) is 18.2 Å². The molecule has 2 heterocycles. The Kier molecular flexibility index (Phi) is 5.78. The minimum atomic E-state index is -0.145. The molecule has 2 aromatic rings. The number of anilines is 2. The fourth-order valence-electron chi connectivity index (χ4n) is 3.07. The fraction of sp³-hybridized carbons (Fsp3) is 0.333. The number of halogens is 2. The van der Waals surface area contributed by atoms with Crippen molar-refractivity contribution in [1.29, 1.82) is 0 Å². The Morgan fingerprint density at radius 1 is 1.24 bits per heavy atom. The molecule has 7 heteroatoms. The van der Waals surface area contributed by atoms with E-state index in [2.05, 4.69) is 21.3 Å². The first kappa shape index (κ1) is 18.0. The number of amides is 1. The number of hydrogen-bond donors (Lipinski definition) is 2. The van der Waals surface area contributed by atoms with Crippen molar-refractivity contribution in [2.75, 3.05) is 36.4 Å². The van der Waals surface area contributed by atoms with Crippen LogP contribution in [0.5, 0.6) is 0 Å². The van der Waals surface area contributed by atoms with Crippen molar-refractivity contribution in [3.63, 3.8) is 0 Å². The lowest BCUT2D eigenvalue weighted by molar-refractivity contribution is -0.914. The molecule has 1 amide bonds. The molecule has 132 valence electrons. The van der Waals surface area contributed by atoms with Crippen LogP contribution in [0, 0.1) is 0 Å². The standard InChI is InChI=1S/C18H20Cl2N4O/c1-13(18(25)22-16-6-5-14(19)12-15(16)20)23-8-10-24(11-9-23)17-4-2-3-7-21-17/h2-7,12-13H,8-11H2,1H3,(H,22,25)/p+2/t13-/m1/s1. The molecule has 1 saturated heterocycles. The highest BCUT2D eigenvalue weighted by Crippen LogP contribution is 2.25. The van der Waals surface area contributed by atoms with Crippen LogP contribution in [0.1, 0.15) is 6.92 Å². The second-order valence-electron chi connectivity index (χ2n) is 6.23. The Morgan fingerprint density at radius 3 is 2.64 bits per heavy atom. The first-order valence-corrected chi connectivity index (χ1v) is 9.12. The van der Waals surface area contributed by atoms with Crippen LogP contribution in [0.25, 0.3) is 0 Å². The summed E-state index contributed by atoms with van der Waals surface area (Å²) in [5, 5.41) is 3.91. The van der Waals surface area contributed by atoms with E-state index in [4.69, 9.17) is 23.2 Å². The molecule has 0 bridgehead atoms. The van der Waals surface area contributed by atoms with E-state index in [0.29, 0.717) is 15.7 Å². The summed E-state index contributed by atoms with van der Waals surface area (Å²) in [7, 11) is 0. The van der Waals surface area contributed by atoms with E-state index in [-0.39, 0.29) is 11.9 Å². The predicted octanol–water partition coefficient (Wildman–Crippen LogP) is 1.54. The molecule has 5 nitrogen and oxygen atoms in total. The van der Waals surface area contributed by atoms with Crippen molar-refractivity contribution in [1.82, 2.24) is 0 Å². The molecule has 0 unspecified atom stereocenters. The Hall–Kier alpha value is -1.82. The maximum Gasteiger partial charge on any atom is 0.282 e. The monoisotopic (exact) mass is 380 g/mol.